The quantitative estimate of drug-likeness (QED) is 0.774. The van der Waals surface area contributed by atoms with E-state index in [0.717, 1.165) is 31.1 Å². The van der Waals surface area contributed by atoms with Crippen molar-refractivity contribution < 1.29 is 0 Å². The number of hydrogen-bond acceptors (Lipinski definition) is 2. The van der Waals surface area contributed by atoms with Gasteiger partial charge in [-0.1, -0.05) is 38.1 Å². The summed E-state index contributed by atoms with van der Waals surface area (Å²) in [6, 6.07) is 10.4. The second-order valence-electron chi connectivity index (χ2n) is 5.69. The van der Waals surface area contributed by atoms with Crippen molar-refractivity contribution in [3.63, 3.8) is 0 Å². The maximum atomic E-state index is 5.77. The highest BCUT2D eigenvalue weighted by Crippen LogP contribution is 2.25. The molecule has 0 saturated carbocycles. The first-order valence-electron chi connectivity index (χ1n) is 6.76. The maximum absolute atomic E-state index is 5.77. The van der Waals surface area contributed by atoms with E-state index in [1.165, 1.54) is 10.8 Å². The zero-order valence-corrected chi connectivity index (χ0v) is 12.4. The van der Waals surface area contributed by atoms with E-state index in [2.05, 4.69) is 42.3 Å². The SMILES string of the molecule is CC(C)(CCCCl)CNc1nccc2ccccc12. The van der Waals surface area contributed by atoms with Gasteiger partial charge in [-0.2, -0.15) is 0 Å². The van der Waals surface area contributed by atoms with Crippen LogP contribution in [0.1, 0.15) is 26.7 Å². The van der Waals surface area contributed by atoms with Crippen molar-refractivity contribution in [2.24, 2.45) is 5.41 Å². The Kier molecular flexibility index (Phi) is 4.65. The van der Waals surface area contributed by atoms with Crippen LogP contribution in [0.4, 0.5) is 5.82 Å². The molecule has 1 aromatic carbocycles. The van der Waals surface area contributed by atoms with Crippen LogP contribution in [-0.2, 0) is 0 Å². The molecule has 0 aliphatic heterocycles. The smallest absolute Gasteiger partial charge is 0.133 e. The Morgan fingerprint density at radius 2 is 2.00 bits per heavy atom. The van der Waals surface area contributed by atoms with E-state index in [-0.39, 0.29) is 5.41 Å². The van der Waals surface area contributed by atoms with Crippen LogP contribution in [0, 0.1) is 5.41 Å². The van der Waals surface area contributed by atoms with Crippen LogP contribution in [0.2, 0.25) is 0 Å². The molecule has 2 rings (SSSR count). The highest BCUT2D eigenvalue weighted by atomic mass is 35.5. The van der Waals surface area contributed by atoms with Crippen LogP contribution in [0.3, 0.4) is 0 Å². The van der Waals surface area contributed by atoms with Crippen LogP contribution in [-0.4, -0.2) is 17.4 Å². The first-order chi connectivity index (χ1) is 9.12. The van der Waals surface area contributed by atoms with Gasteiger partial charge in [-0.15, -0.1) is 11.6 Å². The molecule has 2 nitrogen and oxygen atoms in total. The maximum Gasteiger partial charge on any atom is 0.133 e. The normalized spacial score (nSPS) is 11.7. The predicted octanol–water partition coefficient (Wildman–Crippen LogP) is 4.69. The van der Waals surface area contributed by atoms with Gasteiger partial charge in [0.15, 0.2) is 0 Å². The summed E-state index contributed by atoms with van der Waals surface area (Å²) in [4.78, 5) is 4.45. The summed E-state index contributed by atoms with van der Waals surface area (Å²) in [5, 5.41) is 5.88. The molecule has 1 heterocycles. The van der Waals surface area contributed by atoms with Gasteiger partial charge in [0.1, 0.15) is 5.82 Å². The van der Waals surface area contributed by atoms with Crippen molar-refractivity contribution in [2.75, 3.05) is 17.7 Å². The molecule has 0 radical (unpaired) electrons. The second-order valence-corrected chi connectivity index (χ2v) is 6.07. The van der Waals surface area contributed by atoms with Crippen molar-refractivity contribution in [1.82, 2.24) is 4.98 Å². The van der Waals surface area contributed by atoms with E-state index in [4.69, 9.17) is 11.6 Å². The number of aromatic nitrogens is 1. The van der Waals surface area contributed by atoms with Gasteiger partial charge in [0.05, 0.1) is 0 Å². The van der Waals surface area contributed by atoms with Gasteiger partial charge >= 0.3 is 0 Å². The van der Waals surface area contributed by atoms with Gasteiger partial charge < -0.3 is 5.32 Å². The Labute approximate surface area is 120 Å². The Balaban J connectivity index is 2.09. The van der Waals surface area contributed by atoms with Gasteiger partial charge in [-0.3, -0.25) is 0 Å². The molecular weight excluding hydrogens is 256 g/mol. The Morgan fingerprint density at radius 3 is 2.79 bits per heavy atom. The van der Waals surface area contributed by atoms with E-state index in [1.54, 1.807) is 0 Å². The number of alkyl halides is 1. The lowest BCUT2D eigenvalue weighted by Crippen LogP contribution is -2.23. The molecule has 0 atom stereocenters. The summed E-state index contributed by atoms with van der Waals surface area (Å²) in [6.07, 6.45) is 4.03. The zero-order chi connectivity index (χ0) is 13.7. The van der Waals surface area contributed by atoms with Crippen LogP contribution in [0.15, 0.2) is 36.5 Å². The zero-order valence-electron chi connectivity index (χ0n) is 11.6. The number of fused-ring (bicyclic) bond motifs is 1. The Bertz CT molecular complexity index is 532. The third-order valence-corrected chi connectivity index (χ3v) is 3.66. The fourth-order valence-electron chi connectivity index (χ4n) is 2.22. The third-order valence-electron chi connectivity index (χ3n) is 3.40. The average molecular weight is 277 g/mol. The molecule has 0 spiro atoms. The highest BCUT2D eigenvalue weighted by molar-refractivity contribution is 6.17. The second kappa shape index (κ2) is 6.25. The minimum Gasteiger partial charge on any atom is -0.369 e. The van der Waals surface area contributed by atoms with E-state index < -0.39 is 0 Å². The number of pyridine rings is 1. The summed E-state index contributed by atoms with van der Waals surface area (Å²) < 4.78 is 0. The monoisotopic (exact) mass is 276 g/mol. The fourth-order valence-corrected chi connectivity index (χ4v) is 2.35. The van der Waals surface area contributed by atoms with Gasteiger partial charge in [-0.25, -0.2) is 4.98 Å². The summed E-state index contributed by atoms with van der Waals surface area (Å²) in [6.45, 7) is 5.43. The van der Waals surface area contributed by atoms with Crippen molar-refractivity contribution in [3.8, 4) is 0 Å². The number of rotatable bonds is 6. The molecule has 102 valence electrons. The first-order valence-corrected chi connectivity index (χ1v) is 7.29. The predicted molar refractivity (Wildman–Crippen MR) is 84.0 cm³/mol. The van der Waals surface area contributed by atoms with Gasteiger partial charge in [0, 0.05) is 24.0 Å². The number of nitrogens with one attached hydrogen (secondary N) is 1. The highest BCUT2D eigenvalue weighted by Gasteiger charge is 2.17. The number of halogens is 1. The summed E-state index contributed by atoms with van der Waals surface area (Å²) >= 11 is 5.77. The lowest BCUT2D eigenvalue weighted by Gasteiger charge is -2.25. The van der Waals surface area contributed by atoms with Crippen LogP contribution >= 0.6 is 11.6 Å². The molecule has 0 aliphatic carbocycles. The Hall–Kier alpha value is -1.28. The van der Waals surface area contributed by atoms with E-state index in [1.807, 2.05) is 18.3 Å². The molecule has 0 aliphatic rings. The first kappa shape index (κ1) is 14.1. The minimum absolute atomic E-state index is 0.230. The van der Waals surface area contributed by atoms with Crippen LogP contribution in [0.5, 0.6) is 0 Å². The minimum atomic E-state index is 0.230. The fraction of sp³-hybridized carbons (Fsp3) is 0.438. The van der Waals surface area contributed by atoms with E-state index in [0.29, 0.717) is 0 Å². The van der Waals surface area contributed by atoms with Crippen molar-refractivity contribution >= 4 is 28.2 Å². The third kappa shape index (κ3) is 3.84. The topological polar surface area (TPSA) is 24.9 Å². The molecule has 2 aromatic rings. The van der Waals surface area contributed by atoms with Crippen molar-refractivity contribution in [2.45, 2.75) is 26.7 Å². The standard InChI is InChI=1S/C16H21ClN2/c1-16(2,9-5-10-17)12-19-15-14-7-4-3-6-13(14)8-11-18-15/h3-4,6-8,11H,5,9-10,12H2,1-2H3,(H,18,19). The van der Waals surface area contributed by atoms with Crippen molar-refractivity contribution in [1.29, 1.82) is 0 Å². The molecule has 3 heteroatoms. The van der Waals surface area contributed by atoms with Gasteiger partial charge in [0.2, 0.25) is 0 Å². The lowest BCUT2D eigenvalue weighted by molar-refractivity contribution is 0.355. The number of anilines is 1. The molecule has 0 fully saturated rings. The van der Waals surface area contributed by atoms with E-state index >= 15 is 0 Å². The molecule has 19 heavy (non-hydrogen) atoms. The van der Waals surface area contributed by atoms with Crippen LogP contribution < -0.4 is 5.32 Å². The number of nitrogens with zero attached hydrogens (tertiary/aromatic N) is 1. The van der Waals surface area contributed by atoms with Gasteiger partial charge in [-0.05, 0) is 29.7 Å². The van der Waals surface area contributed by atoms with Crippen LogP contribution in [0.25, 0.3) is 10.8 Å². The number of hydrogen-bond donors (Lipinski definition) is 1. The summed E-state index contributed by atoms with van der Waals surface area (Å²) in [7, 11) is 0. The molecular formula is C16H21ClN2. The average Bonchev–Trinajstić information content (AvgIpc) is 2.43. The molecule has 1 aromatic heterocycles. The van der Waals surface area contributed by atoms with Gasteiger partial charge in [0.25, 0.3) is 0 Å². The summed E-state index contributed by atoms with van der Waals surface area (Å²) in [5.74, 6) is 1.70. The molecule has 0 amide bonds. The lowest BCUT2D eigenvalue weighted by atomic mass is 9.88. The summed E-state index contributed by atoms with van der Waals surface area (Å²) in [5.41, 5.74) is 0.230. The molecule has 0 bridgehead atoms. The largest absolute Gasteiger partial charge is 0.369 e. The molecule has 1 N–H and O–H groups in total. The number of benzene rings is 1. The van der Waals surface area contributed by atoms with Crippen molar-refractivity contribution in [3.05, 3.63) is 36.5 Å². The van der Waals surface area contributed by atoms with E-state index in [9.17, 15) is 0 Å². The molecule has 0 saturated heterocycles. The Morgan fingerprint density at radius 1 is 1.21 bits per heavy atom. The molecule has 0 unspecified atom stereocenters.